The fraction of sp³-hybridized carbons (Fsp3) is 0.324. The van der Waals surface area contributed by atoms with E-state index in [1.165, 1.54) is 29.8 Å². The lowest BCUT2D eigenvalue weighted by Gasteiger charge is -2.49. The van der Waals surface area contributed by atoms with E-state index < -0.39 is 133 Å². The van der Waals surface area contributed by atoms with Gasteiger partial charge in [-0.05, 0) is 193 Å². The molecule has 0 spiro atoms. The van der Waals surface area contributed by atoms with Crippen molar-refractivity contribution in [3.05, 3.63) is 219 Å². The number of fused-ring (bicyclic) bond motifs is 4. The minimum Gasteiger partial charge on any atom is -0.457 e. The van der Waals surface area contributed by atoms with Gasteiger partial charge in [0, 0.05) is 18.2 Å². The summed E-state index contributed by atoms with van der Waals surface area (Å²) in [5, 5.41) is 0. The van der Waals surface area contributed by atoms with Crippen molar-refractivity contribution in [2.45, 2.75) is 143 Å². The van der Waals surface area contributed by atoms with Gasteiger partial charge in [0.2, 0.25) is 37.1 Å². The van der Waals surface area contributed by atoms with Gasteiger partial charge in [0.05, 0.1) is 23.5 Å². The molecule has 4 aliphatic carbocycles. The lowest BCUT2D eigenvalue weighted by atomic mass is 9.55. The first-order valence-corrected chi connectivity index (χ1v) is 37.1. The van der Waals surface area contributed by atoms with E-state index >= 15 is 17.6 Å². The first-order chi connectivity index (χ1) is 45.9. The van der Waals surface area contributed by atoms with Crippen LogP contribution in [0.3, 0.4) is 0 Å². The number of methoxy groups -OCH3 is 1. The van der Waals surface area contributed by atoms with Crippen LogP contribution >= 0.6 is 0 Å². The van der Waals surface area contributed by atoms with Crippen molar-refractivity contribution in [2.75, 3.05) is 14.2 Å². The lowest BCUT2D eigenvalue weighted by Crippen LogP contribution is -2.39. The molecular formula is C71H64F8O14S4. The molecule has 8 aromatic carbocycles. The van der Waals surface area contributed by atoms with E-state index in [1.54, 1.807) is 43.5 Å². The normalized spacial score (nSPS) is 21.3. The summed E-state index contributed by atoms with van der Waals surface area (Å²) in [7, 11) is -17.9. The molecule has 8 aromatic rings. The Bertz CT molecular complexity index is 4810. The number of ether oxygens (including phenoxy) is 4. The summed E-state index contributed by atoms with van der Waals surface area (Å²) in [5.41, 5.74) is 3.31. The Morgan fingerprint density at radius 1 is 0.485 bits per heavy atom. The predicted octanol–water partition coefficient (Wildman–Crippen LogP) is 17.0. The van der Waals surface area contributed by atoms with Crippen molar-refractivity contribution in [2.24, 2.45) is 11.8 Å². The predicted molar refractivity (Wildman–Crippen MR) is 338 cm³/mol. The molecule has 4 fully saturated rings. The maximum Gasteiger partial charge on any atom is 0.300 e. The number of sulfone groups is 2. The third-order valence-corrected chi connectivity index (χ3v) is 25.2. The van der Waals surface area contributed by atoms with Crippen LogP contribution < -0.4 is 14.2 Å². The zero-order valence-corrected chi connectivity index (χ0v) is 55.6. The van der Waals surface area contributed by atoms with Gasteiger partial charge in [0.25, 0.3) is 20.2 Å². The SMILES string of the molecule is COCc1ccc(C23CCCC(CC(c4ccc(Oc5ccc(S(=O)(=O)c6ccc(Oc7ccc(C89CCCC(CC(c%10ccc(Oc%11c(F)c(F)c(S(=O)(=O)c%12c(F)c(F)c(C)c(F)c%12F)c(F)c%11F)cc%10)C8)C9)cc7)c(CS(=O)(=O)O)c6)cc5S(=O)(=O)OC)cc4)C2)C3)cc1. The highest BCUT2D eigenvalue weighted by molar-refractivity contribution is 7.92. The van der Waals surface area contributed by atoms with Crippen LogP contribution in [0, 0.1) is 65.3 Å². The van der Waals surface area contributed by atoms with Crippen molar-refractivity contribution < 1.29 is 96.5 Å². The van der Waals surface area contributed by atoms with Crippen molar-refractivity contribution in [1.82, 2.24) is 0 Å². The maximum atomic E-state index is 15.5. The standard InChI is InChI=1S/C71H64F8O14S4/c1-40-59(72)63(76)68(64(77)60(40)73)96(85,86)69-65(78)61(74)67(62(75)66(69)79)93-53-20-12-45(13-21-53)47-31-43-7-5-29-71(35-43,37-47)50-16-22-52(23-17-50)91-56-26-24-54(32-48(56)39-94(80,81)82)95(83,84)55-25-27-57(58(33-55)97(87,88)90-3)92-51-18-10-44(11-19-51)46-30-42-6-4-28-70(34-42,36-46)49-14-8-41(9-15-49)38-89-2/h8-27,32-33,42-43,46-47H,4-7,28-31,34-39H2,1-3H3,(H,80,81,82). The summed E-state index contributed by atoms with van der Waals surface area (Å²) < 4.78 is 265. The van der Waals surface area contributed by atoms with Crippen LogP contribution in [0.15, 0.2) is 158 Å². The van der Waals surface area contributed by atoms with Crippen molar-refractivity contribution >= 4 is 39.9 Å². The van der Waals surface area contributed by atoms with Gasteiger partial charge in [-0.1, -0.05) is 86.3 Å². The Balaban J connectivity index is 0.739. The number of rotatable bonds is 20. The Labute approximate surface area is 556 Å². The molecule has 26 heteroatoms. The quantitative estimate of drug-likeness (QED) is 0.0327. The van der Waals surface area contributed by atoms with Crippen LogP contribution in [-0.2, 0) is 72.0 Å². The molecule has 0 saturated heterocycles. The molecule has 0 aromatic heterocycles. The van der Waals surface area contributed by atoms with Gasteiger partial charge in [-0.3, -0.25) is 8.74 Å². The molecule has 97 heavy (non-hydrogen) atoms. The second-order valence-electron chi connectivity index (χ2n) is 25.7. The highest BCUT2D eigenvalue weighted by Crippen LogP contribution is 2.57. The van der Waals surface area contributed by atoms with Crippen LogP contribution in [0.5, 0.6) is 34.5 Å². The first-order valence-electron chi connectivity index (χ1n) is 31.1. The Hall–Kier alpha value is -7.72. The van der Waals surface area contributed by atoms with Crippen LogP contribution in [0.2, 0.25) is 0 Å². The molecule has 512 valence electrons. The lowest BCUT2D eigenvalue weighted by molar-refractivity contribution is 0.131. The number of hydrogen-bond donors (Lipinski definition) is 1. The molecule has 0 aliphatic heterocycles. The van der Waals surface area contributed by atoms with Crippen LogP contribution in [-0.4, -0.2) is 52.4 Å². The summed E-state index contributed by atoms with van der Waals surface area (Å²) in [4.78, 5) is -6.66. The van der Waals surface area contributed by atoms with Crippen molar-refractivity contribution in [3.63, 3.8) is 0 Å². The van der Waals surface area contributed by atoms with Gasteiger partial charge in [0.1, 0.15) is 49.2 Å². The minimum absolute atomic E-state index is 0.0402. The average molecular weight is 1420 g/mol. The molecule has 0 amide bonds. The van der Waals surface area contributed by atoms with E-state index in [0.717, 1.165) is 124 Å². The highest BCUT2D eigenvalue weighted by atomic mass is 32.2. The van der Waals surface area contributed by atoms with E-state index in [9.17, 15) is 55.8 Å². The van der Waals surface area contributed by atoms with Gasteiger partial charge in [-0.2, -0.15) is 25.6 Å². The second-order valence-corrected chi connectivity index (χ2v) is 32.6. The Morgan fingerprint density at radius 2 is 0.918 bits per heavy atom. The van der Waals surface area contributed by atoms with Crippen molar-refractivity contribution in [3.8, 4) is 34.5 Å². The molecule has 6 atom stereocenters. The molecule has 12 rings (SSSR count). The molecule has 0 radical (unpaired) electrons. The van der Waals surface area contributed by atoms with Crippen LogP contribution in [0.25, 0.3) is 0 Å². The summed E-state index contributed by atoms with van der Waals surface area (Å²) in [5.74, 6) is -22.0. The molecule has 1 N–H and O–H groups in total. The van der Waals surface area contributed by atoms with E-state index in [1.807, 2.05) is 24.3 Å². The molecule has 6 unspecified atom stereocenters. The van der Waals surface area contributed by atoms with Gasteiger partial charge < -0.3 is 18.9 Å². The Morgan fingerprint density at radius 3 is 1.39 bits per heavy atom. The highest BCUT2D eigenvalue weighted by Gasteiger charge is 2.47. The molecule has 4 bridgehead atoms. The van der Waals surface area contributed by atoms with Gasteiger partial charge >= 0.3 is 0 Å². The first kappa shape index (κ1) is 69.2. The third kappa shape index (κ3) is 13.4. The van der Waals surface area contributed by atoms with Crippen LogP contribution in [0.1, 0.15) is 128 Å². The van der Waals surface area contributed by atoms with Crippen molar-refractivity contribution in [1.29, 1.82) is 0 Å². The smallest absolute Gasteiger partial charge is 0.300 e. The van der Waals surface area contributed by atoms with E-state index in [4.69, 9.17) is 23.1 Å². The summed E-state index contributed by atoms with van der Waals surface area (Å²) in [6.45, 7) is 1.08. The molecular weight excluding hydrogens is 1360 g/mol. The van der Waals surface area contributed by atoms with Gasteiger partial charge in [0.15, 0.2) is 34.9 Å². The third-order valence-electron chi connectivity index (χ3n) is 19.7. The zero-order chi connectivity index (χ0) is 69.3. The molecule has 0 heterocycles. The zero-order valence-electron chi connectivity index (χ0n) is 52.3. The number of hydrogen-bond acceptors (Lipinski definition) is 13. The largest absolute Gasteiger partial charge is 0.457 e. The number of benzene rings is 8. The summed E-state index contributed by atoms with van der Waals surface area (Å²) >= 11 is 0. The number of halogens is 8. The van der Waals surface area contributed by atoms with Crippen LogP contribution in [0.4, 0.5) is 35.1 Å². The van der Waals surface area contributed by atoms with Gasteiger partial charge in [-0.15, -0.1) is 0 Å². The summed E-state index contributed by atoms with van der Waals surface area (Å²) in [6, 6.07) is 35.3. The topological polar surface area (TPSA) is 203 Å². The average Bonchev–Trinajstić information content (AvgIpc) is 0.740. The minimum atomic E-state index is -6.35. The fourth-order valence-corrected chi connectivity index (χ4v) is 19.5. The maximum absolute atomic E-state index is 15.5. The van der Waals surface area contributed by atoms with E-state index in [-0.39, 0.29) is 57.5 Å². The second kappa shape index (κ2) is 26.5. The van der Waals surface area contributed by atoms with E-state index in [0.29, 0.717) is 25.9 Å². The fourth-order valence-electron chi connectivity index (χ4n) is 15.2. The molecule has 4 saturated carbocycles. The Kier molecular flexibility index (Phi) is 18.9. The molecule has 14 nitrogen and oxygen atoms in total. The summed E-state index contributed by atoms with van der Waals surface area (Å²) in [6.07, 6.45) is 11.2. The monoisotopic (exact) mass is 1420 g/mol. The van der Waals surface area contributed by atoms with Gasteiger partial charge in [-0.25, -0.2) is 43.2 Å². The van der Waals surface area contributed by atoms with E-state index in [2.05, 4.69) is 24.3 Å². The molecule has 4 aliphatic rings.